The van der Waals surface area contributed by atoms with E-state index in [-0.39, 0.29) is 5.97 Å². The molecule has 1 aromatic rings. The van der Waals surface area contributed by atoms with Crippen molar-refractivity contribution in [1.29, 1.82) is 0 Å². The van der Waals surface area contributed by atoms with Gasteiger partial charge in [-0.3, -0.25) is 4.98 Å². The monoisotopic (exact) mass is 293 g/mol. The molecule has 0 unspecified atom stereocenters. The second kappa shape index (κ2) is 9.47. The summed E-state index contributed by atoms with van der Waals surface area (Å²) in [6.07, 6.45) is 3.90. The van der Waals surface area contributed by atoms with Crippen LogP contribution in [-0.4, -0.2) is 49.1 Å². The maximum atomic E-state index is 11.3. The first kappa shape index (κ1) is 17.6. The number of methoxy groups -OCH3 is 1. The van der Waals surface area contributed by atoms with Gasteiger partial charge in [-0.15, -0.1) is 0 Å². The molecule has 0 aromatic carbocycles. The molecule has 5 nitrogen and oxygen atoms in total. The van der Waals surface area contributed by atoms with Crippen LogP contribution in [0.3, 0.4) is 0 Å². The number of carbonyl (C=O) groups excluding carboxylic acids is 1. The summed E-state index contributed by atoms with van der Waals surface area (Å²) in [7, 11) is 3.53. The molecule has 0 saturated heterocycles. The SMILES string of the molecule is COC(=O)c1ccc(CNCCCCN(C)C(C)C)nc1. The lowest BCUT2D eigenvalue weighted by molar-refractivity contribution is 0.0600. The normalized spacial score (nSPS) is 11.1. The van der Waals surface area contributed by atoms with Crippen LogP contribution in [0.5, 0.6) is 0 Å². The van der Waals surface area contributed by atoms with E-state index in [1.54, 1.807) is 12.3 Å². The van der Waals surface area contributed by atoms with Crippen molar-refractivity contribution >= 4 is 5.97 Å². The minimum absolute atomic E-state index is 0.351. The zero-order valence-electron chi connectivity index (χ0n) is 13.6. The van der Waals surface area contributed by atoms with Gasteiger partial charge in [0.15, 0.2) is 0 Å². The Balaban J connectivity index is 2.17. The van der Waals surface area contributed by atoms with Crippen LogP contribution < -0.4 is 5.32 Å². The van der Waals surface area contributed by atoms with Gasteiger partial charge in [0.1, 0.15) is 0 Å². The Kier molecular flexibility index (Phi) is 7.93. The number of pyridine rings is 1. The third-order valence-corrected chi connectivity index (χ3v) is 3.55. The second-order valence-electron chi connectivity index (χ2n) is 5.49. The molecule has 0 atom stereocenters. The van der Waals surface area contributed by atoms with E-state index in [1.165, 1.54) is 13.5 Å². The van der Waals surface area contributed by atoms with Gasteiger partial charge in [0.25, 0.3) is 0 Å². The highest BCUT2D eigenvalue weighted by Crippen LogP contribution is 2.02. The number of nitrogens with zero attached hydrogens (tertiary/aromatic N) is 2. The van der Waals surface area contributed by atoms with Crippen molar-refractivity contribution in [3.8, 4) is 0 Å². The Bertz CT molecular complexity index is 418. The van der Waals surface area contributed by atoms with Crippen molar-refractivity contribution in [3.63, 3.8) is 0 Å². The predicted octanol–water partition coefficient (Wildman–Crippen LogP) is 2.08. The lowest BCUT2D eigenvalue weighted by Gasteiger charge is -2.20. The summed E-state index contributed by atoms with van der Waals surface area (Å²) in [6.45, 7) is 7.25. The van der Waals surface area contributed by atoms with E-state index in [9.17, 15) is 4.79 Å². The molecule has 0 fully saturated rings. The molecule has 0 bridgehead atoms. The Morgan fingerprint density at radius 2 is 2.14 bits per heavy atom. The smallest absolute Gasteiger partial charge is 0.339 e. The lowest BCUT2D eigenvalue weighted by atomic mass is 10.2. The number of hydrogen-bond acceptors (Lipinski definition) is 5. The maximum Gasteiger partial charge on any atom is 0.339 e. The first-order chi connectivity index (χ1) is 10.0. The fourth-order valence-corrected chi connectivity index (χ4v) is 1.85. The molecular weight excluding hydrogens is 266 g/mol. The van der Waals surface area contributed by atoms with E-state index in [4.69, 9.17) is 0 Å². The predicted molar refractivity (Wildman–Crippen MR) is 84.3 cm³/mol. The molecule has 0 radical (unpaired) electrons. The molecule has 0 spiro atoms. The van der Waals surface area contributed by atoms with Crippen LogP contribution in [-0.2, 0) is 11.3 Å². The van der Waals surface area contributed by atoms with Gasteiger partial charge in [0.2, 0.25) is 0 Å². The largest absolute Gasteiger partial charge is 0.465 e. The summed E-state index contributed by atoms with van der Waals surface area (Å²) >= 11 is 0. The minimum atomic E-state index is -0.351. The van der Waals surface area contributed by atoms with E-state index in [1.807, 2.05) is 6.07 Å². The Labute approximate surface area is 127 Å². The first-order valence-electron chi connectivity index (χ1n) is 7.48. The van der Waals surface area contributed by atoms with Gasteiger partial charge in [-0.1, -0.05) is 0 Å². The number of esters is 1. The van der Waals surface area contributed by atoms with Crippen molar-refractivity contribution in [2.75, 3.05) is 27.2 Å². The Morgan fingerprint density at radius 3 is 2.71 bits per heavy atom. The molecule has 118 valence electrons. The van der Waals surface area contributed by atoms with Crippen LogP contribution in [0.15, 0.2) is 18.3 Å². The first-order valence-corrected chi connectivity index (χ1v) is 7.48. The highest BCUT2D eigenvalue weighted by Gasteiger charge is 2.05. The zero-order valence-corrected chi connectivity index (χ0v) is 13.6. The van der Waals surface area contributed by atoms with E-state index in [2.05, 4.69) is 40.8 Å². The standard InChI is InChI=1S/C16H27N3O2/c1-13(2)19(3)10-6-5-9-17-12-15-8-7-14(11-18-15)16(20)21-4/h7-8,11,13,17H,5-6,9-10,12H2,1-4H3. The molecule has 5 heteroatoms. The van der Waals surface area contributed by atoms with Crippen molar-refractivity contribution in [3.05, 3.63) is 29.6 Å². The summed E-state index contributed by atoms with van der Waals surface area (Å²) in [5.74, 6) is -0.351. The van der Waals surface area contributed by atoms with Crippen LogP contribution in [0.1, 0.15) is 42.7 Å². The summed E-state index contributed by atoms with van der Waals surface area (Å²) < 4.78 is 4.64. The summed E-state index contributed by atoms with van der Waals surface area (Å²) in [4.78, 5) is 17.9. The topological polar surface area (TPSA) is 54.5 Å². The molecule has 0 aliphatic heterocycles. The van der Waals surface area contributed by atoms with Crippen LogP contribution >= 0.6 is 0 Å². The number of unbranched alkanes of at least 4 members (excludes halogenated alkanes) is 1. The average molecular weight is 293 g/mol. The van der Waals surface area contributed by atoms with Crippen LogP contribution in [0.4, 0.5) is 0 Å². The molecule has 0 aliphatic carbocycles. The van der Waals surface area contributed by atoms with E-state index < -0.39 is 0 Å². The Morgan fingerprint density at radius 1 is 1.38 bits per heavy atom. The highest BCUT2D eigenvalue weighted by molar-refractivity contribution is 5.88. The van der Waals surface area contributed by atoms with Gasteiger partial charge < -0.3 is 15.0 Å². The molecule has 0 amide bonds. The summed E-state index contributed by atoms with van der Waals surface area (Å²) in [5.41, 5.74) is 1.42. The van der Waals surface area contributed by atoms with Gasteiger partial charge in [-0.25, -0.2) is 4.79 Å². The van der Waals surface area contributed by atoms with Gasteiger partial charge in [-0.2, -0.15) is 0 Å². The van der Waals surface area contributed by atoms with Crippen molar-refractivity contribution in [2.45, 2.75) is 39.3 Å². The van der Waals surface area contributed by atoms with Crippen molar-refractivity contribution in [1.82, 2.24) is 15.2 Å². The second-order valence-corrected chi connectivity index (χ2v) is 5.49. The van der Waals surface area contributed by atoms with Gasteiger partial charge in [0.05, 0.1) is 18.4 Å². The number of carbonyl (C=O) groups is 1. The maximum absolute atomic E-state index is 11.3. The van der Waals surface area contributed by atoms with Gasteiger partial charge in [0, 0.05) is 18.8 Å². The third-order valence-electron chi connectivity index (χ3n) is 3.55. The molecule has 1 aromatic heterocycles. The minimum Gasteiger partial charge on any atom is -0.465 e. The molecule has 0 saturated carbocycles. The third kappa shape index (κ3) is 6.69. The fraction of sp³-hybridized carbons (Fsp3) is 0.625. The van der Waals surface area contributed by atoms with E-state index >= 15 is 0 Å². The quantitative estimate of drug-likeness (QED) is 0.558. The molecule has 1 rings (SSSR count). The van der Waals surface area contributed by atoms with Crippen LogP contribution in [0.25, 0.3) is 0 Å². The number of rotatable bonds is 9. The molecule has 21 heavy (non-hydrogen) atoms. The van der Waals surface area contributed by atoms with Crippen LogP contribution in [0, 0.1) is 0 Å². The van der Waals surface area contributed by atoms with Gasteiger partial charge >= 0.3 is 5.97 Å². The molecule has 1 heterocycles. The number of ether oxygens (including phenoxy) is 1. The molecule has 0 aliphatic rings. The lowest BCUT2D eigenvalue weighted by Crippen LogP contribution is -2.27. The number of aromatic nitrogens is 1. The number of nitrogens with one attached hydrogen (secondary N) is 1. The highest BCUT2D eigenvalue weighted by atomic mass is 16.5. The number of hydrogen-bond donors (Lipinski definition) is 1. The average Bonchev–Trinajstić information content (AvgIpc) is 2.50. The van der Waals surface area contributed by atoms with Crippen molar-refractivity contribution in [2.24, 2.45) is 0 Å². The molecule has 1 N–H and O–H groups in total. The van der Waals surface area contributed by atoms with Crippen LogP contribution in [0.2, 0.25) is 0 Å². The summed E-state index contributed by atoms with van der Waals surface area (Å²) in [5, 5.41) is 3.37. The Hall–Kier alpha value is -1.46. The fourth-order valence-electron chi connectivity index (χ4n) is 1.85. The van der Waals surface area contributed by atoms with Crippen molar-refractivity contribution < 1.29 is 9.53 Å². The van der Waals surface area contributed by atoms with E-state index in [0.29, 0.717) is 11.6 Å². The zero-order chi connectivity index (χ0) is 15.7. The van der Waals surface area contributed by atoms with E-state index in [0.717, 1.165) is 31.7 Å². The summed E-state index contributed by atoms with van der Waals surface area (Å²) in [6, 6.07) is 4.20. The molecular formula is C16H27N3O2. The van der Waals surface area contributed by atoms with Gasteiger partial charge in [-0.05, 0) is 59.0 Å².